The number of anilines is 1. The van der Waals surface area contributed by atoms with E-state index in [1.54, 1.807) is 0 Å². The van der Waals surface area contributed by atoms with Crippen LogP contribution in [0.2, 0.25) is 5.02 Å². The molecule has 0 unspecified atom stereocenters. The molecule has 2 aromatic carbocycles. The third kappa shape index (κ3) is 2.23. The van der Waals surface area contributed by atoms with Gasteiger partial charge in [-0.15, -0.1) is 0 Å². The third-order valence-electron chi connectivity index (χ3n) is 4.34. The number of aromatic nitrogens is 2. The number of halogens is 1. The summed E-state index contributed by atoms with van der Waals surface area (Å²) in [6, 6.07) is 14.5. The summed E-state index contributed by atoms with van der Waals surface area (Å²) in [5.41, 5.74) is 8.02. The molecule has 0 saturated carbocycles. The predicted octanol–water partition coefficient (Wildman–Crippen LogP) is 5.10. The van der Waals surface area contributed by atoms with Crippen molar-refractivity contribution in [3.8, 4) is 11.3 Å². The Hall–Kier alpha value is -2.26. The van der Waals surface area contributed by atoms with Crippen LogP contribution in [0.3, 0.4) is 0 Å². The topological polar surface area (TPSA) is 29.9 Å². The van der Waals surface area contributed by atoms with Gasteiger partial charge in [0.05, 0.1) is 11.4 Å². The summed E-state index contributed by atoms with van der Waals surface area (Å²) < 4.78 is 2.04. The highest BCUT2D eigenvalue weighted by atomic mass is 35.5. The molecule has 0 spiro atoms. The number of aryl methyl sites for hydroxylation is 3. The summed E-state index contributed by atoms with van der Waals surface area (Å²) in [5.74, 6) is 0. The maximum Gasteiger partial charge on any atom is 0.148 e. The lowest BCUT2D eigenvalue weighted by Crippen LogP contribution is -2.26. The largest absolute Gasteiger partial charge is 0.359 e. The first kappa shape index (κ1) is 14.3. The standard InChI is InChI=1S/C19H18ClN3/c1-11-8-12(2)18-15(9-11)17-10-13(3)22-23(17)19(21-18)14-6-4-5-7-16(14)20/h4-10,19,21H,1-3H3/t19-/m1/s1. The van der Waals surface area contributed by atoms with Crippen molar-refractivity contribution < 1.29 is 0 Å². The lowest BCUT2D eigenvalue weighted by atomic mass is 9.98. The molecule has 0 amide bonds. The van der Waals surface area contributed by atoms with E-state index in [0.29, 0.717) is 0 Å². The first-order chi connectivity index (χ1) is 11.0. The molecule has 4 rings (SSSR count). The fourth-order valence-corrected chi connectivity index (χ4v) is 3.62. The summed E-state index contributed by atoms with van der Waals surface area (Å²) in [5, 5.41) is 9.09. The van der Waals surface area contributed by atoms with Gasteiger partial charge in [0.15, 0.2) is 0 Å². The van der Waals surface area contributed by atoms with E-state index in [-0.39, 0.29) is 6.17 Å². The Bertz CT molecular complexity index is 911. The highest BCUT2D eigenvalue weighted by Crippen LogP contribution is 2.42. The molecule has 0 fully saturated rings. The molecule has 1 N–H and O–H groups in total. The monoisotopic (exact) mass is 323 g/mol. The van der Waals surface area contributed by atoms with E-state index in [0.717, 1.165) is 27.7 Å². The second-order valence-corrected chi connectivity index (χ2v) is 6.60. The van der Waals surface area contributed by atoms with Crippen LogP contribution in [0, 0.1) is 20.8 Å². The molecular formula is C19H18ClN3. The van der Waals surface area contributed by atoms with Crippen molar-refractivity contribution in [2.45, 2.75) is 26.9 Å². The van der Waals surface area contributed by atoms with E-state index in [9.17, 15) is 0 Å². The van der Waals surface area contributed by atoms with Gasteiger partial charge in [-0.25, -0.2) is 4.68 Å². The molecule has 1 aliphatic heterocycles. The van der Waals surface area contributed by atoms with Gasteiger partial charge in [0.1, 0.15) is 6.17 Å². The molecule has 0 aliphatic carbocycles. The van der Waals surface area contributed by atoms with Gasteiger partial charge in [-0.1, -0.05) is 41.4 Å². The van der Waals surface area contributed by atoms with Crippen LogP contribution in [0.1, 0.15) is 28.6 Å². The Morgan fingerprint density at radius 3 is 2.65 bits per heavy atom. The molecule has 1 aromatic heterocycles. The van der Waals surface area contributed by atoms with Crippen LogP contribution >= 0.6 is 11.6 Å². The maximum absolute atomic E-state index is 6.44. The molecule has 1 atom stereocenters. The van der Waals surface area contributed by atoms with E-state index in [1.165, 1.54) is 16.7 Å². The van der Waals surface area contributed by atoms with Crippen molar-refractivity contribution in [3.63, 3.8) is 0 Å². The predicted molar refractivity (Wildman–Crippen MR) is 95.1 cm³/mol. The van der Waals surface area contributed by atoms with E-state index in [4.69, 9.17) is 16.7 Å². The molecule has 2 heterocycles. The highest BCUT2D eigenvalue weighted by Gasteiger charge is 2.28. The average molecular weight is 324 g/mol. The Labute approximate surface area is 140 Å². The molecule has 3 aromatic rings. The molecule has 116 valence electrons. The van der Waals surface area contributed by atoms with Gasteiger partial charge in [0.2, 0.25) is 0 Å². The minimum absolute atomic E-state index is 0.0960. The van der Waals surface area contributed by atoms with Gasteiger partial charge in [-0.05, 0) is 44.5 Å². The minimum Gasteiger partial charge on any atom is -0.359 e. The fraction of sp³-hybridized carbons (Fsp3) is 0.211. The summed E-state index contributed by atoms with van der Waals surface area (Å²) in [6.07, 6.45) is -0.0960. The first-order valence-corrected chi connectivity index (χ1v) is 8.11. The van der Waals surface area contributed by atoms with Crippen LogP contribution in [-0.2, 0) is 0 Å². The van der Waals surface area contributed by atoms with Crippen molar-refractivity contribution in [2.24, 2.45) is 0 Å². The van der Waals surface area contributed by atoms with Crippen LogP contribution in [0.4, 0.5) is 5.69 Å². The number of rotatable bonds is 1. The third-order valence-corrected chi connectivity index (χ3v) is 4.68. The lowest BCUT2D eigenvalue weighted by molar-refractivity contribution is 0.571. The van der Waals surface area contributed by atoms with E-state index in [2.05, 4.69) is 43.4 Å². The summed E-state index contributed by atoms with van der Waals surface area (Å²) in [7, 11) is 0. The van der Waals surface area contributed by atoms with Gasteiger partial charge in [-0.2, -0.15) is 5.10 Å². The van der Waals surface area contributed by atoms with E-state index < -0.39 is 0 Å². The Balaban J connectivity index is 1.97. The SMILES string of the molecule is Cc1cc(C)c2c(c1)-c1cc(C)nn1[C@H](c1ccccc1Cl)N2. The number of nitrogens with zero attached hydrogens (tertiary/aromatic N) is 2. The molecule has 1 aliphatic rings. The molecule has 0 bridgehead atoms. The summed E-state index contributed by atoms with van der Waals surface area (Å²) in [4.78, 5) is 0. The fourth-order valence-electron chi connectivity index (χ4n) is 3.38. The smallest absolute Gasteiger partial charge is 0.148 e. The van der Waals surface area contributed by atoms with Gasteiger partial charge >= 0.3 is 0 Å². The van der Waals surface area contributed by atoms with Crippen LogP contribution in [0.15, 0.2) is 42.5 Å². The second-order valence-electron chi connectivity index (χ2n) is 6.19. The zero-order chi connectivity index (χ0) is 16.1. The Morgan fingerprint density at radius 1 is 1.09 bits per heavy atom. The molecule has 4 heteroatoms. The quantitative estimate of drug-likeness (QED) is 0.675. The first-order valence-electron chi connectivity index (χ1n) is 7.73. The lowest BCUT2D eigenvalue weighted by Gasteiger charge is -2.31. The molecule has 3 nitrogen and oxygen atoms in total. The van der Waals surface area contributed by atoms with E-state index in [1.807, 2.05) is 29.8 Å². The highest BCUT2D eigenvalue weighted by molar-refractivity contribution is 6.31. The van der Waals surface area contributed by atoms with Crippen LogP contribution in [-0.4, -0.2) is 9.78 Å². The summed E-state index contributed by atoms with van der Waals surface area (Å²) >= 11 is 6.44. The van der Waals surface area contributed by atoms with Crippen molar-refractivity contribution in [3.05, 3.63) is 69.9 Å². The average Bonchev–Trinajstić information content (AvgIpc) is 2.89. The number of hydrogen-bond donors (Lipinski definition) is 1. The van der Waals surface area contributed by atoms with E-state index >= 15 is 0 Å². The number of fused-ring (bicyclic) bond motifs is 3. The zero-order valence-corrected chi connectivity index (χ0v) is 14.1. The molecule has 0 saturated heterocycles. The summed E-state index contributed by atoms with van der Waals surface area (Å²) in [6.45, 7) is 6.29. The van der Waals surface area contributed by atoms with Gasteiger partial charge in [-0.3, -0.25) is 0 Å². The van der Waals surface area contributed by atoms with Crippen molar-refractivity contribution in [2.75, 3.05) is 5.32 Å². The van der Waals surface area contributed by atoms with Crippen molar-refractivity contribution in [1.82, 2.24) is 9.78 Å². The van der Waals surface area contributed by atoms with Crippen molar-refractivity contribution >= 4 is 17.3 Å². The maximum atomic E-state index is 6.44. The van der Waals surface area contributed by atoms with Crippen LogP contribution in [0.25, 0.3) is 11.3 Å². The zero-order valence-electron chi connectivity index (χ0n) is 13.4. The van der Waals surface area contributed by atoms with Gasteiger partial charge in [0, 0.05) is 21.8 Å². The Kier molecular flexibility index (Phi) is 3.20. The van der Waals surface area contributed by atoms with Gasteiger partial charge < -0.3 is 5.32 Å². The molecule has 0 radical (unpaired) electrons. The number of hydrogen-bond acceptors (Lipinski definition) is 2. The molecule has 23 heavy (non-hydrogen) atoms. The second kappa shape index (κ2) is 5.14. The normalized spacial score (nSPS) is 15.7. The van der Waals surface area contributed by atoms with Crippen LogP contribution < -0.4 is 5.32 Å². The van der Waals surface area contributed by atoms with Crippen LogP contribution in [0.5, 0.6) is 0 Å². The molecular weight excluding hydrogens is 306 g/mol. The minimum atomic E-state index is -0.0960. The Morgan fingerprint density at radius 2 is 1.87 bits per heavy atom. The number of nitrogens with one attached hydrogen (secondary N) is 1. The van der Waals surface area contributed by atoms with Gasteiger partial charge in [0.25, 0.3) is 0 Å². The number of benzene rings is 2. The van der Waals surface area contributed by atoms with Crippen molar-refractivity contribution in [1.29, 1.82) is 0 Å².